The first-order chi connectivity index (χ1) is 13.1. The first-order valence-electron chi connectivity index (χ1n) is 9.09. The Kier molecular flexibility index (Phi) is 5.22. The van der Waals surface area contributed by atoms with Crippen LogP contribution in [0.15, 0.2) is 35.0 Å². The third-order valence-electron chi connectivity index (χ3n) is 4.70. The average Bonchev–Trinajstić information content (AvgIpc) is 3.31. The van der Waals surface area contributed by atoms with Crippen LogP contribution in [0.3, 0.4) is 0 Å². The molecule has 0 saturated carbocycles. The second-order valence-electron chi connectivity index (χ2n) is 6.91. The van der Waals surface area contributed by atoms with E-state index in [0.29, 0.717) is 5.92 Å². The van der Waals surface area contributed by atoms with E-state index in [1.54, 1.807) is 22.7 Å². The summed E-state index contributed by atoms with van der Waals surface area (Å²) in [5, 5.41) is 9.30. The molecule has 0 aliphatic carbocycles. The van der Waals surface area contributed by atoms with Crippen LogP contribution < -0.4 is 5.32 Å². The van der Waals surface area contributed by atoms with Gasteiger partial charge >= 0.3 is 6.03 Å². The summed E-state index contributed by atoms with van der Waals surface area (Å²) in [6, 6.07) is 7.85. The van der Waals surface area contributed by atoms with E-state index in [2.05, 4.69) is 20.7 Å². The van der Waals surface area contributed by atoms with Gasteiger partial charge in [-0.15, -0.1) is 22.7 Å². The zero-order valence-electron chi connectivity index (χ0n) is 15.4. The van der Waals surface area contributed by atoms with Crippen LogP contribution >= 0.6 is 22.7 Å². The maximum Gasteiger partial charge on any atom is 0.321 e. The molecule has 0 radical (unpaired) electrons. The summed E-state index contributed by atoms with van der Waals surface area (Å²) < 4.78 is 0. The molecule has 27 heavy (non-hydrogen) atoms. The van der Waals surface area contributed by atoms with Gasteiger partial charge in [0.1, 0.15) is 5.01 Å². The summed E-state index contributed by atoms with van der Waals surface area (Å²) in [5.74, 6) is 0.346. The van der Waals surface area contributed by atoms with Crippen molar-refractivity contribution in [1.82, 2.24) is 14.9 Å². The van der Waals surface area contributed by atoms with Crippen LogP contribution in [0.1, 0.15) is 35.2 Å². The Balaban J connectivity index is 1.39. The lowest BCUT2D eigenvalue weighted by atomic mass is 9.99. The van der Waals surface area contributed by atoms with Crippen LogP contribution in [-0.4, -0.2) is 34.0 Å². The molecule has 5 nitrogen and oxygen atoms in total. The smallest absolute Gasteiger partial charge is 0.321 e. The highest BCUT2D eigenvalue weighted by Crippen LogP contribution is 2.30. The highest BCUT2D eigenvalue weighted by Gasteiger charge is 2.26. The number of piperidine rings is 1. The zero-order valence-corrected chi connectivity index (χ0v) is 17.1. The molecule has 2 amide bonds. The number of carbonyl (C=O) groups is 1. The number of benzene rings is 1. The summed E-state index contributed by atoms with van der Waals surface area (Å²) >= 11 is 3.33. The minimum absolute atomic E-state index is 0.0363. The SMILES string of the molecule is Cc1csc(-c2ccc(NC(=O)N3CCCC(c4nc(C)cs4)C3)cc2)n1. The van der Waals surface area contributed by atoms with Crippen LogP contribution in [0.5, 0.6) is 0 Å². The number of hydrogen-bond donors (Lipinski definition) is 1. The van der Waals surface area contributed by atoms with Crippen molar-refractivity contribution in [3.63, 3.8) is 0 Å². The molecule has 2 aromatic heterocycles. The standard InChI is InChI=1S/C20H22N4OS2/c1-13-11-26-18(21-13)15-5-7-17(8-6-15)23-20(25)24-9-3-4-16(10-24)19-22-14(2)12-27-19/h5-8,11-12,16H,3-4,9-10H2,1-2H3,(H,23,25). The van der Waals surface area contributed by atoms with E-state index in [9.17, 15) is 4.79 Å². The largest absolute Gasteiger partial charge is 0.324 e. The van der Waals surface area contributed by atoms with E-state index in [1.165, 1.54) is 0 Å². The molecule has 0 spiro atoms. The van der Waals surface area contributed by atoms with Gasteiger partial charge in [0.15, 0.2) is 0 Å². The molecule has 1 saturated heterocycles. The van der Waals surface area contributed by atoms with Crippen molar-refractivity contribution in [1.29, 1.82) is 0 Å². The van der Waals surface area contributed by atoms with Crippen LogP contribution in [0, 0.1) is 13.8 Å². The molecular weight excluding hydrogens is 376 g/mol. The molecule has 7 heteroatoms. The van der Waals surface area contributed by atoms with Gasteiger partial charge in [-0.1, -0.05) is 0 Å². The van der Waals surface area contributed by atoms with E-state index >= 15 is 0 Å². The molecular formula is C20H22N4OS2. The van der Waals surface area contributed by atoms with E-state index in [-0.39, 0.29) is 6.03 Å². The monoisotopic (exact) mass is 398 g/mol. The molecule has 3 heterocycles. The second-order valence-corrected chi connectivity index (χ2v) is 8.66. The van der Waals surface area contributed by atoms with Gasteiger partial charge in [-0.3, -0.25) is 0 Å². The van der Waals surface area contributed by atoms with Crippen molar-refractivity contribution in [2.75, 3.05) is 18.4 Å². The van der Waals surface area contributed by atoms with Crippen molar-refractivity contribution in [3.05, 3.63) is 51.4 Å². The fourth-order valence-corrected chi connectivity index (χ4v) is 5.04. The number of amides is 2. The third-order valence-corrected chi connectivity index (χ3v) is 6.83. The summed E-state index contributed by atoms with van der Waals surface area (Å²) in [6.45, 7) is 5.54. The van der Waals surface area contributed by atoms with E-state index in [0.717, 1.165) is 58.6 Å². The minimum Gasteiger partial charge on any atom is -0.324 e. The van der Waals surface area contributed by atoms with Crippen molar-refractivity contribution < 1.29 is 4.79 Å². The number of likely N-dealkylation sites (tertiary alicyclic amines) is 1. The quantitative estimate of drug-likeness (QED) is 0.652. The summed E-state index contributed by atoms with van der Waals surface area (Å²) in [5.41, 5.74) is 3.97. The lowest BCUT2D eigenvalue weighted by Crippen LogP contribution is -2.41. The number of rotatable bonds is 3. The molecule has 1 fully saturated rings. The van der Waals surface area contributed by atoms with Gasteiger partial charge in [0.05, 0.1) is 5.01 Å². The molecule has 1 atom stereocenters. The number of carbonyl (C=O) groups excluding carboxylic acids is 1. The van der Waals surface area contributed by atoms with Crippen LogP contribution in [0.2, 0.25) is 0 Å². The predicted molar refractivity (Wildman–Crippen MR) is 112 cm³/mol. The highest BCUT2D eigenvalue weighted by molar-refractivity contribution is 7.13. The van der Waals surface area contributed by atoms with Crippen molar-refractivity contribution >= 4 is 34.4 Å². The molecule has 4 rings (SSSR count). The fraction of sp³-hybridized carbons (Fsp3) is 0.350. The molecule has 1 aliphatic heterocycles. The summed E-state index contributed by atoms with van der Waals surface area (Å²) in [6.07, 6.45) is 2.11. The number of urea groups is 1. The average molecular weight is 399 g/mol. The molecule has 1 N–H and O–H groups in total. The number of thiazole rings is 2. The Hall–Kier alpha value is -2.25. The zero-order chi connectivity index (χ0) is 18.8. The van der Waals surface area contributed by atoms with Crippen LogP contribution in [0.4, 0.5) is 10.5 Å². The van der Waals surface area contributed by atoms with E-state index in [4.69, 9.17) is 0 Å². The third kappa shape index (κ3) is 4.20. The molecule has 1 aliphatic rings. The molecule has 1 unspecified atom stereocenters. The van der Waals surface area contributed by atoms with Gasteiger partial charge < -0.3 is 10.2 Å². The Bertz CT molecular complexity index is 932. The summed E-state index contributed by atoms with van der Waals surface area (Å²) in [4.78, 5) is 23.7. The van der Waals surface area contributed by atoms with Gasteiger partial charge in [0, 0.05) is 52.4 Å². The van der Waals surface area contributed by atoms with Crippen LogP contribution in [-0.2, 0) is 0 Å². The van der Waals surface area contributed by atoms with Crippen LogP contribution in [0.25, 0.3) is 10.6 Å². The van der Waals surface area contributed by atoms with Crippen molar-refractivity contribution in [3.8, 4) is 10.6 Å². The second kappa shape index (κ2) is 7.78. The Morgan fingerprint density at radius 3 is 2.52 bits per heavy atom. The van der Waals surface area contributed by atoms with Gasteiger partial charge in [0.2, 0.25) is 0 Å². The molecule has 140 valence electrons. The van der Waals surface area contributed by atoms with Gasteiger partial charge in [-0.05, 0) is 51.0 Å². The number of aryl methyl sites for hydroxylation is 2. The molecule has 1 aromatic carbocycles. The Labute approximate surface area is 167 Å². The number of anilines is 1. The lowest BCUT2D eigenvalue weighted by Gasteiger charge is -2.31. The maximum absolute atomic E-state index is 12.7. The molecule has 0 bridgehead atoms. The van der Waals surface area contributed by atoms with Crippen molar-refractivity contribution in [2.24, 2.45) is 0 Å². The van der Waals surface area contributed by atoms with Crippen molar-refractivity contribution in [2.45, 2.75) is 32.6 Å². The topological polar surface area (TPSA) is 58.1 Å². The number of nitrogens with zero attached hydrogens (tertiary/aromatic N) is 3. The fourth-order valence-electron chi connectivity index (χ4n) is 3.31. The highest BCUT2D eigenvalue weighted by atomic mass is 32.1. The first kappa shape index (κ1) is 18.1. The number of nitrogens with one attached hydrogen (secondary N) is 1. The number of hydrogen-bond acceptors (Lipinski definition) is 5. The Morgan fingerprint density at radius 1 is 1.11 bits per heavy atom. The Morgan fingerprint density at radius 2 is 1.85 bits per heavy atom. The van der Waals surface area contributed by atoms with Gasteiger partial charge in [-0.25, -0.2) is 14.8 Å². The van der Waals surface area contributed by atoms with E-state index in [1.807, 2.05) is 48.4 Å². The van der Waals surface area contributed by atoms with E-state index < -0.39 is 0 Å². The summed E-state index contributed by atoms with van der Waals surface area (Å²) in [7, 11) is 0. The van der Waals surface area contributed by atoms with Gasteiger partial charge in [-0.2, -0.15) is 0 Å². The normalized spacial score (nSPS) is 17.1. The minimum atomic E-state index is -0.0363. The lowest BCUT2D eigenvalue weighted by molar-refractivity contribution is 0.192. The maximum atomic E-state index is 12.7. The predicted octanol–water partition coefficient (Wildman–Crippen LogP) is 5.29. The molecule has 3 aromatic rings. The first-order valence-corrected chi connectivity index (χ1v) is 10.8. The van der Waals surface area contributed by atoms with Gasteiger partial charge in [0.25, 0.3) is 0 Å². The number of aromatic nitrogens is 2.